The normalized spacial score (nSPS) is 16.5. The first-order valence-corrected chi connectivity index (χ1v) is 10.1. The number of nitrogens with one attached hydrogen (secondary N) is 1. The zero-order valence-corrected chi connectivity index (χ0v) is 17.5. The number of aliphatic imine (C=N–C) groups is 1. The smallest absolute Gasteiger partial charge is 0.194 e. The van der Waals surface area contributed by atoms with Crippen molar-refractivity contribution in [3.63, 3.8) is 0 Å². The van der Waals surface area contributed by atoms with Crippen molar-refractivity contribution in [3.8, 4) is 11.5 Å². The predicted molar refractivity (Wildman–Crippen MR) is 112 cm³/mol. The number of hydrogen-bond donors (Lipinski definition) is 1. The number of piperazine rings is 1. The van der Waals surface area contributed by atoms with Crippen molar-refractivity contribution in [2.45, 2.75) is 26.5 Å². The molecule has 0 aliphatic carbocycles. The SMILES string of the molecule is CCNC(=NCC(C)Oc1ccccc1OC)N1CCN(Cc2ccon2)CC1. The van der Waals surface area contributed by atoms with E-state index in [2.05, 4.69) is 27.2 Å². The van der Waals surface area contributed by atoms with Crippen LogP contribution in [-0.2, 0) is 6.54 Å². The van der Waals surface area contributed by atoms with Crippen molar-refractivity contribution >= 4 is 5.96 Å². The van der Waals surface area contributed by atoms with Gasteiger partial charge < -0.3 is 24.2 Å². The quantitative estimate of drug-likeness (QED) is 0.537. The molecule has 0 bridgehead atoms. The Labute approximate surface area is 172 Å². The average molecular weight is 402 g/mol. The van der Waals surface area contributed by atoms with Crippen molar-refractivity contribution in [2.24, 2.45) is 4.99 Å². The van der Waals surface area contributed by atoms with Crippen LogP contribution in [0, 0.1) is 0 Å². The molecule has 29 heavy (non-hydrogen) atoms. The Morgan fingerprint density at radius 2 is 1.97 bits per heavy atom. The summed E-state index contributed by atoms with van der Waals surface area (Å²) in [4.78, 5) is 9.49. The van der Waals surface area contributed by atoms with Crippen LogP contribution in [0.5, 0.6) is 11.5 Å². The topological polar surface area (TPSA) is 75.4 Å². The minimum absolute atomic E-state index is 0.0617. The van der Waals surface area contributed by atoms with E-state index >= 15 is 0 Å². The van der Waals surface area contributed by atoms with Gasteiger partial charge >= 0.3 is 0 Å². The van der Waals surface area contributed by atoms with E-state index in [0.717, 1.165) is 62.4 Å². The van der Waals surface area contributed by atoms with E-state index in [1.54, 1.807) is 13.4 Å². The number of aromatic nitrogens is 1. The molecular weight excluding hydrogens is 370 g/mol. The molecule has 1 atom stereocenters. The standard InChI is InChI=1S/C21H31N5O3/c1-4-22-21(23-15-17(2)29-20-8-6-5-7-19(20)27-3)26-12-10-25(11-13-26)16-18-9-14-28-24-18/h5-9,14,17H,4,10-13,15-16H2,1-3H3,(H,22,23). The number of para-hydroxylation sites is 2. The van der Waals surface area contributed by atoms with E-state index in [4.69, 9.17) is 19.0 Å². The molecule has 1 aromatic carbocycles. The van der Waals surface area contributed by atoms with Gasteiger partial charge in [-0.25, -0.2) is 4.99 Å². The Balaban J connectivity index is 1.52. The van der Waals surface area contributed by atoms with Crippen LogP contribution in [0.3, 0.4) is 0 Å². The lowest BCUT2D eigenvalue weighted by Gasteiger charge is -2.36. The monoisotopic (exact) mass is 401 g/mol. The van der Waals surface area contributed by atoms with Crippen molar-refractivity contribution < 1.29 is 14.0 Å². The van der Waals surface area contributed by atoms with Crippen molar-refractivity contribution in [1.29, 1.82) is 0 Å². The first kappa shape index (κ1) is 21.0. The summed E-state index contributed by atoms with van der Waals surface area (Å²) in [6.45, 7) is 10.1. The molecule has 0 saturated carbocycles. The van der Waals surface area contributed by atoms with Crippen molar-refractivity contribution in [1.82, 2.24) is 20.3 Å². The lowest BCUT2D eigenvalue weighted by atomic mass is 10.3. The zero-order valence-electron chi connectivity index (χ0n) is 17.5. The number of benzene rings is 1. The molecule has 3 rings (SSSR count). The second kappa shape index (κ2) is 10.7. The number of nitrogens with zero attached hydrogens (tertiary/aromatic N) is 4. The third kappa shape index (κ3) is 6.12. The molecule has 1 fully saturated rings. The zero-order chi connectivity index (χ0) is 20.5. The lowest BCUT2D eigenvalue weighted by Crippen LogP contribution is -2.52. The van der Waals surface area contributed by atoms with E-state index in [1.807, 2.05) is 37.3 Å². The molecule has 8 nitrogen and oxygen atoms in total. The summed E-state index contributed by atoms with van der Waals surface area (Å²) < 4.78 is 16.3. The van der Waals surface area contributed by atoms with E-state index in [0.29, 0.717) is 6.54 Å². The van der Waals surface area contributed by atoms with Crippen molar-refractivity contribution in [3.05, 3.63) is 42.3 Å². The van der Waals surface area contributed by atoms with E-state index in [9.17, 15) is 0 Å². The largest absolute Gasteiger partial charge is 0.493 e. The van der Waals surface area contributed by atoms with Gasteiger partial charge in [0.15, 0.2) is 17.5 Å². The summed E-state index contributed by atoms with van der Waals surface area (Å²) in [7, 11) is 1.65. The fourth-order valence-corrected chi connectivity index (χ4v) is 3.28. The van der Waals surface area contributed by atoms with Gasteiger partial charge in [-0.1, -0.05) is 17.3 Å². The minimum atomic E-state index is -0.0617. The lowest BCUT2D eigenvalue weighted by molar-refractivity contribution is 0.168. The summed E-state index contributed by atoms with van der Waals surface area (Å²) in [5.41, 5.74) is 0.973. The molecule has 8 heteroatoms. The second-order valence-electron chi connectivity index (χ2n) is 7.03. The Bertz CT molecular complexity index is 757. The van der Waals surface area contributed by atoms with Gasteiger partial charge in [0.2, 0.25) is 0 Å². The molecule has 1 saturated heterocycles. The number of rotatable bonds is 8. The van der Waals surface area contributed by atoms with Crippen LogP contribution in [-0.4, -0.2) is 73.4 Å². The maximum atomic E-state index is 6.03. The van der Waals surface area contributed by atoms with Crippen LogP contribution in [0.25, 0.3) is 0 Å². The summed E-state index contributed by atoms with van der Waals surface area (Å²) in [5.74, 6) is 2.41. The molecule has 158 valence electrons. The molecule has 0 radical (unpaired) electrons. The third-order valence-corrected chi connectivity index (χ3v) is 4.78. The molecule has 2 aromatic rings. The highest BCUT2D eigenvalue weighted by Crippen LogP contribution is 2.26. The summed E-state index contributed by atoms with van der Waals surface area (Å²) in [6.07, 6.45) is 1.56. The highest BCUT2D eigenvalue weighted by atomic mass is 16.5. The molecule has 1 unspecified atom stereocenters. The molecule has 1 N–H and O–H groups in total. The predicted octanol–water partition coefficient (Wildman–Crippen LogP) is 2.23. The summed E-state index contributed by atoms with van der Waals surface area (Å²) >= 11 is 0. The number of ether oxygens (including phenoxy) is 2. The Kier molecular flexibility index (Phi) is 7.75. The molecule has 2 heterocycles. The molecular formula is C21H31N5O3. The van der Waals surface area contributed by atoms with Crippen LogP contribution in [0.15, 0.2) is 46.1 Å². The van der Waals surface area contributed by atoms with Gasteiger partial charge in [0, 0.05) is 45.3 Å². The number of methoxy groups -OCH3 is 1. The van der Waals surface area contributed by atoms with Gasteiger partial charge in [-0.05, 0) is 26.0 Å². The highest BCUT2D eigenvalue weighted by molar-refractivity contribution is 5.80. The first-order chi connectivity index (χ1) is 14.2. The molecule has 0 spiro atoms. The van der Waals surface area contributed by atoms with E-state index in [-0.39, 0.29) is 6.10 Å². The molecule has 1 aliphatic heterocycles. The molecule has 0 amide bonds. The van der Waals surface area contributed by atoms with Crippen LogP contribution in [0.4, 0.5) is 0 Å². The van der Waals surface area contributed by atoms with Gasteiger partial charge in [-0.2, -0.15) is 0 Å². The maximum Gasteiger partial charge on any atom is 0.194 e. The Morgan fingerprint density at radius 3 is 2.62 bits per heavy atom. The Hall–Kier alpha value is -2.74. The number of guanidine groups is 1. The molecule has 1 aromatic heterocycles. The summed E-state index contributed by atoms with van der Waals surface area (Å²) in [5, 5.41) is 7.40. The van der Waals surface area contributed by atoms with E-state index in [1.165, 1.54) is 0 Å². The van der Waals surface area contributed by atoms with Crippen LogP contribution in [0.1, 0.15) is 19.5 Å². The van der Waals surface area contributed by atoms with Crippen molar-refractivity contribution in [2.75, 3.05) is 46.4 Å². The van der Waals surface area contributed by atoms with Crippen LogP contribution < -0.4 is 14.8 Å². The van der Waals surface area contributed by atoms with Gasteiger partial charge in [0.25, 0.3) is 0 Å². The maximum absolute atomic E-state index is 6.03. The van der Waals surface area contributed by atoms with Crippen LogP contribution in [0.2, 0.25) is 0 Å². The number of hydrogen-bond acceptors (Lipinski definition) is 6. The molecule has 1 aliphatic rings. The van der Waals surface area contributed by atoms with Crippen LogP contribution >= 0.6 is 0 Å². The minimum Gasteiger partial charge on any atom is -0.493 e. The fraction of sp³-hybridized carbons (Fsp3) is 0.524. The van der Waals surface area contributed by atoms with Gasteiger partial charge in [-0.15, -0.1) is 0 Å². The third-order valence-electron chi connectivity index (χ3n) is 4.78. The first-order valence-electron chi connectivity index (χ1n) is 10.1. The summed E-state index contributed by atoms with van der Waals surface area (Å²) in [6, 6.07) is 9.60. The fourth-order valence-electron chi connectivity index (χ4n) is 3.28. The second-order valence-corrected chi connectivity index (χ2v) is 7.03. The van der Waals surface area contributed by atoms with E-state index < -0.39 is 0 Å². The average Bonchev–Trinajstić information content (AvgIpc) is 3.25. The highest BCUT2D eigenvalue weighted by Gasteiger charge is 2.20. The van der Waals surface area contributed by atoms with Gasteiger partial charge in [0.1, 0.15) is 12.4 Å². The van der Waals surface area contributed by atoms with Gasteiger partial charge in [0.05, 0.1) is 19.3 Å². The Morgan fingerprint density at radius 1 is 1.21 bits per heavy atom. The van der Waals surface area contributed by atoms with Gasteiger partial charge in [-0.3, -0.25) is 4.90 Å².